The molecule has 0 saturated heterocycles. The van der Waals surface area contributed by atoms with Gasteiger partial charge in [0.05, 0.1) is 0 Å². The molecular formula is C23H27N2O2RuS+. The molecule has 0 amide bonds. The second kappa shape index (κ2) is 12.0. The molecule has 0 aliphatic carbocycles. The van der Waals surface area contributed by atoms with Crippen LogP contribution in [-0.2, 0) is 29.5 Å². The number of hydrogen-bond donors (Lipinski definition) is 1. The molecule has 3 rings (SSSR count). The maximum Gasteiger partial charge on any atom is 4.00 e. The topological polar surface area (TPSA) is 74.3 Å². The molecule has 0 spiro atoms. The third-order valence-electron chi connectivity index (χ3n) is 4.24. The fourth-order valence-corrected chi connectivity index (χ4v) is 3.92. The van der Waals surface area contributed by atoms with E-state index in [1.165, 1.54) is 0 Å². The molecule has 0 unspecified atom stereocenters. The number of nitrogens with zero attached hydrogens (tertiary/aromatic N) is 1. The molecule has 2 N–H and O–H groups in total. The zero-order valence-electron chi connectivity index (χ0n) is 16.8. The zero-order valence-corrected chi connectivity index (χ0v) is 19.4. The summed E-state index contributed by atoms with van der Waals surface area (Å²) in [6, 6.07) is 24.1. The predicted molar refractivity (Wildman–Crippen MR) is 117 cm³/mol. The van der Waals surface area contributed by atoms with Gasteiger partial charge in [0.2, 0.25) is 0 Å². The van der Waals surface area contributed by atoms with Crippen molar-refractivity contribution in [3.8, 4) is 0 Å². The molecule has 154 valence electrons. The van der Waals surface area contributed by atoms with Gasteiger partial charge in [0.1, 0.15) is 10.0 Å². The van der Waals surface area contributed by atoms with Gasteiger partial charge < -0.3 is 25.3 Å². The van der Waals surface area contributed by atoms with Crippen LogP contribution >= 0.6 is 0 Å². The summed E-state index contributed by atoms with van der Waals surface area (Å²) in [5.74, 6) is 0. The Morgan fingerprint density at radius 3 is 1.69 bits per heavy atom. The van der Waals surface area contributed by atoms with E-state index < -0.39 is 22.1 Å². The number of nitrogens with two attached hydrogens (primary N) is 1. The smallest absolute Gasteiger partial charge is 0.537 e. The van der Waals surface area contributed by atoms with Crippen LogP contribution in [0.25, 0.3) is 4.72 Å². The van der Waals surface area contributed by atoms with Crippen molar-refractivity contribution >= 4 is 10.0 Å². The van der Waals surface area contributed by atoms with Gasteiger partial charge >= 0.3 is 19.5 Å². The number of rotatable bonds is 6. The van der Waals surface area contributed by atoms with Crippen molar-refractivity contribution in [2.75, 3.05) is 0 Å². The van der Waals surface area contributed by atoms with E-state index in [1.54, 1.807) is 24.3 Å². The van der Waals surface area contributed by atoms with Crippen molar-refractivity contribution in [1.82, 2.24) is 0 Å². The first-order chi connectivity index (χ1) is 12.5. The third kappa shape index (κ3) is 6.86. The van der Waals surface area contributed by atoms with Gasteiger partial charge in [-0.3, -0.25) is 0 Å². The maximum absolute atomic E-state index is 12.8. The van der Waals surface area contributed by atoms with Gasteiger partial charge in [-0.25, -0.2) is 8.42 Å². The molecule has 3 aromatic rings. The summed E-state index contributed by atoms with van der Waals surface area (Å²) in [6.45, 7) is 1.91. The van der Waals surface area contributed by atoms with E-state index in [0.717, 1.165) is 16.7 Å². The van der Waals surface area contributed by atoms with Crippen LogP contribution in [0.3, 0.4) is 0 Å². The molecular weight excluding hydrogens is 469 g/mol. The molecule has 6 heteroatoms. The largest absolute Gasteiger partial charge is 4.00 e. The van der Waals surface area contributed by atoms with Gasteiger partial charge in [-0.05, 0) is 24.6 Å². The standard InChI is InChI=1S/C21H21N2O2S.2CH3.Ru/c1-16-12-14-19(15-13-16)26(24,25)23-21(18-10-6-3-7-11-18)20(22)17-8-4-2-5-9-17;;;/h2-15,20-21H,22H2,1H3;2*1H3;/q3*-1;+4/t20-,21-;;;/m0.../s1. The van der Waals surface area contributed by atoms with Crippen molar-refractivity contribution in [3.63, 3.8) is 0 Å². The SMILES string of the molecule is Cc1ccc(S(=O)(=O)[N-][C@@H](c2ccccc2)[C@@H](N)c2ccccc2)cc1.[CH3-].[CH3-].[Ru+4]. The van der Waals surface area contributed by atoms with E-state index in [4.69, 9.17) is 5.73 Å². The Morgan fingerprint density at radius 2 is 1.21 bits per heavy atom. The van der Waals surface area contributed by atoms with E-state index in [0.29, 0.717) is 0 Å². The Morgan fingerprint density at radius 1 is 0.759 bits per heavy atom. The Labute approximate surface area is 188 Å². The van der Waals surface area contributed by atoms with Crippen LogP contribution in [0.15, 0.2) is 89.8 Å². The fourth-order valence-electron chi connectivity index (χ4n) is 2.76. The van der Waals surface area contributed by atoms with Crippen LogP contribution in [0.4, 0.5) is 0 Å². The molecule has 0 heterocycles. The second-order valence-corrected chi connectivity index (χ2v) is 7.82. The number of benzene rings is 3. The van der Waals surface area contributed by atoms with Crippen LogP contribution in [0, 0.1) is 21.8 Å². The van der Waals surface area contributed by atoms with E-state index >= 15 is 0 Å². The van der Waals surface area contributed by atoms with Gasteiger partial charge in [0, 0.05) is 10.9 Å². The molecule has 0 bridgehead atoms. The van der Waals surface area contributed by atoms with Crippen LogP contribution < -0.4 is 5.73 Å². The Kier molecular flexibility index (Phi) is 11.2. The summed E-state index contributed by atoms with van der Waals surface area (Å²) in [4.78, 5) is 0.171. The molecule has 2 atom stereocenters. The Bertz CT molecular complexity index is 947. The van der Waals surface area contributed by atoms with E-state index in [-0.39, 0.29) is 39.2 Å². The summed E-state index contributed by atoms with van der Waals surface area (Å²) < 4.78 is 29.9. The molecule has 3 aromatic carbocycles. The molecule has 0 fully saturated rings. The third-order valence-corrected chi connectivity index (χ3v) is 5.61. The van der Waals surface area contributed by atoms with E-state index in [2.05, 4.69) is 4.72 Å². The molecule has 0 aromatic heterocycles. The van der Waals surface area contributed by atoms with Crippen molar-refractivity contribution in [2.24, 2.45) is 5.73 Å². The van der Waals surface area contributed by atoms with E-state index in [9.17, 15) is 8.42 Å². The van der Waals surface area contributed by atoms with Gasteiger partial charge in [-0.2, -0.15) is 0 Å². The fraction of sp³-hybridized carbons (Fsp3) is 0.130. The summed E-state index contributed by atoms with van der Waals surface area (Å²) in [5, 5.41) is 0. The van der Waals surface area contributed by atoms with E-state index in [1.807, 2.05) is 67.6 Å². The second-order valence-electron chi connectivity index (χ2n) is 6.19. The molecule has 4 nitrogen and oxygen atoms in total. The summed E-state index contributed by atoms with van der Waals surface area (Å²) in [6.07, 6.45) is 0. The minimum Gasteiger partial charge on any atom is -0.537 e. The molecule has 29 heavy (non-hydrogen) atoms. The first-order valence-electron chi connectivity index (χ1n) is 8.36. The quantitative estimate of drug-likeness (QED) is 0.367. The minimum absolute atomic E-state index is 0. The van der Waals surface area contributed by atoms with Crippen LogP contribution in [0.2, 0.25) is 0 Å². The van der Waals surface area contributed by atoms with Gasteiger partial charge in [-0.1, -0.05) is 90.0 Å². The summed E-state index contributed by atoms with van der Waals surface area (Å²) >= 11 is 0. The average molecular weight is 497 g/mol. The van der Waals surface area contributed by atoms with Crippen molar-refractivity contribution in [2.45, 2.75) is 23.9 Å². The molecule has 0 saturated carbocycles. The predicted octanol–water partition coefficient (Wildman–Crippen LogP) is 5.40. The summed E-state index contributed by atoms with van der Waals surface area (Å²) in [5.41, 5.74) is 9.01. The van der Waals surface area contributed by atoms with Gasteiger partial charge in [0.15, 0.2) is 0 Å². The minimum atomic E-state index is -3.83. The first-order valence-corrected chi connectivity index (χ1v) is 9.81. The summed E-state index contributed by atoms with van der Waals surface area (Å²) in [7, 11) is -3.83. The van der Waals surface area contributed by atoms with Crippen LogP contribution in [-0.4, -0.2) is 8.42 Å². The molecule has 0 radical (unpaired) electrons. The van der Waals surface area contributed by atoms with Crippen molar-refractivity contribution < 1.29 is 27.9 Å². The normalized spacial score (nSPS) is 12.5. The van der Waals surface area contributed by atoms with Gasteiger partial charge in [-0.15, -0.1) is 0 Å². The number of hydrogen-bond acceptors (Lipinski definition) is 3. The van der Waals surface area contributed by atoms with Crippen molar-refractivity contribution in [3.05, 3.63) is 121 Å². The van der Waals surface area contributed by atoms with Crippen molar-refractivity contribution in [1.29, 1.82) is 0 Å². The number of sulfonamides is 1. The first kappa shape index (κ1) is 27.2. The average Bonchev–Trinajstić information content (AvgIpc) is 2.67. The monoisotopic (exact) mass is 497 g/mol. The number of aryl methyl sites for hydroxylation is 1. The Hall–Kier alpha value is -1.85. The maximum atomic E-state index is 12.8. The molecule has 0 aliphatic heterocycles. The van der Waals surface area contributed by atoms with Crippen LogP contribution in [0.1, 0.15) is 28.8 Å². The molecule has 0 aliphatic rings. The van der Waals surface area contributed by atoms with Crippen LogP contribution in [0.5, 0.6) is 0 Å². The van der Waals surface area contributed by atoms with Gasteiger partial charge in [0.25, 0.3) is 0 Å². The Balaban J connectivity index is 0.00000261. The zero-order chi connectivity index (χ0) is 18.6.